The molecular weight excluding hydrogens is 432 g/mol. The molecule has 0 bridgehead atoms. The fourth-order valence-corrected chi connectivity index (χ4v) is 2.80. The van der Waals surface area contributed by atoms with Gasteiger partial charge in [0.2, 0.25) is 11.7 Å². The Hall–Kier alpha value is -4.80. The Balaban J connectivity index is 1.82. The third kappa shape index (κ3) is 5.88. The largest absolute Gasteiger partial charge is 0.493 e. The molecule has 0 radical (unpaired) electrons. The third-order valence-corrected chi connectivity index (χ3v) is 4.31. The number of nitrogens with zero attached hydrogens (tertiary/aromatic N) is 3. The van der Waals surface area contributed by atoms with Gasteiger partial charge in [-0.25, -0.2) is 0 Å². The van der Waals surface area contributed by atoms with Crippen molar-refractivity contribution < 1.29 is 24.1 Å². The molecule has 0 heterocycles. The lowest BCUT2D eigenvalue weighted by Crippen LogP contribution is -2.04. The van der Waals surface area contributed by atoms with Gasteiger partial charge in [-0.05, 0) is 54.1 Å². The summed E-state index contributed by atoms with van der Waals surface area (Å²) in [6, 6.07) is 14.9. The smallest absolute Gasteiger partial charge is 0.318 e. The average molecular weight is 450 g/mol. The molecule has 11 heteroatoms. The Morgan fingerprint density at radius 3 is 2.24 bits per heavy atom. The van der Waals surface area contributed by atoms with Gasteiger partial charge in [-0.2, -0.15) is 0 Å². The van der Waals surface area contributed by atoms with E-state index < -0.39 is 21.2 Å². The van der Waals surface area contributed by atoms with Gasteiger partial charge >= 0.3 is 5.69 Å². The van der Waals surface area contributed by atoms with Crippen LogP contribution in [0.25, 0.3) is 0 Å². The van der Waals surface area contributed by atoms with Gasteiger partial charge in [-0.1, -0.05) is 0 Å². The second-order valence-electron chi connectivity index (χ2n) is 6.66. The lowest BCUT2D eigenvalue weighted by molar-refractivity contribution is -0.394. The Bertz CT molecular complexity index is 1240. The summed E-state index contributed by atoms with van der Waals surface area (Å²) in [7, 11) is 1.41. The van der Waals surface area contributed by atoms with Gasteiger partial charge in [0.15, 0.2) is 11.5 Å². The molecule has 0 aliphatic carbocycles. The third-order valence-electron chi connectivity index (χ3n) is 4.31. The highest BCUT2D eigenvalue weighted by molar-refractivity contribution is 5.89. The molecule has 3 aromatic carbocycles. The molecule has 0 aliphatic heterocycles. The number of anilines is 1. The molecule has 1 amide bonds. The number of aliphatic imine (C=N–C) groups is 1. The quantitative estimate of drug-likeness (QED) is 0.288. The van der Waals surface area contributed by atoms with Crippen LogP contribution < -0.4 is 14.8 Å². The van der Waals surface area contributed by atoms with Crippen LogP contribution in [0.1, 0.15) is 12.5 Å². The topological polar surface area (TPSA) is 146 Å². The molecule has 3 rings (SSSR count). The van der Waals surface area contributed by atoms with Crippen LogP contribution in [-0.2, 0) is 4.79 Å². The number of non-ortho nitro benzene ring substituents is 1. The fourth-order valence-electron chi connectivity index (χ4n) is 2.80. The molecule has 0 aromatic heterocycles. The highest BCUT2D eigenvalue weighted by atomic mass is 16.6. The maximum absolute atomic E-state index is 11.3. The predicted molar refractivity (Wildman–Crippen MR) is 121 cm³/mol. The van der Waals surface area contributed by atoms with Gasteiger partial charge < -0.3 is 14.8 Å². The zero-order valence-electron chi connectivity index (χ0n) is 17.6. The molecule has 0 saturated carbocycles. The van der Waals surface area contributed by atoms with Crippen LogP contribution in [0.3, 0.4) is 0 Å². The summed E-state index contributed by atoms with van der Waals surface area (Å²) in [4.78, 5) is 36.2. The van der Waals surface area contributed by atoms with Crippen LogP contribution >= 0.6 is 0 Å². The van der Waals surface area contributed by atoms with E-state index >= 15 is 0 Å². The summed E-state index contributed by atoms with van der Waals surface area (Å²) in [6.07, 6.45) is 1.59. The molecule has 3 aromatic rings. The van der Waals surface area contributed by atoms with Crippen LogP contribution in [-0.4, -0.2) is 29.1 Å². The first-order chi connectivity index (χ1) is 15.8. The first-order valence-electron chi connectivity index (χ1n) is 9.47. The van der Waals surface area contributed by atoms with Crippen molar-refractivity contribution in [2.45, 2.75) is 6.92 Å². The SMILES string of the molecule is COc1cc(C=Nc2ccc(NC(C)=O)cc2)ccc1Oc1ccc([N+](=O)[O-])cc1[N+](=O)[O-]. The number of benzene rings is 3. The summed E-state index contributed by atoms with van der Waals surface area (Å²) < 4.78 is 10.9. The number of carbonyl (C=O) groups is 1. The molecule has 0 saturated heterocycles. The molecule has 0 atom stereocenters. The van der Waals surface area contributed by atoms with E-state index in [4.69, 9.17) is 9.47 Å². The highest BCUT2D eigenvalue weighted by Crippen LogP contribution is 2.38. The molecule has 0 unspecified atom stereocenters. The minimum Gasteiger partial charge on any atom is -0.493 e. The molecular formula is C22H18N4O7. The number of amides is 1. The van der Waals surface area contributed by atoms with E-state index in [9.17, 15) is 25.0 Å². The van der Waals surface area contributed by atoms with E-state index in [-0.39, 0.29) is 23.2 Å². The minimum absolute atomic E-state index is 0.162. The van der Waals surface area contributed by atoms with Crippen LogP contribution in [0.4, 0.5) is 22.7 Å². The van der Waals surface area contributed by atoms with Crippen molar-refractivity contribution in [2.75, 3.05) is 12.4 Å². The van der Waals surface area contributed by atoms with Crippen molar-refractivity contribution in [1.82, 2.24) is 0 Å². The average Bonchev–Trinajstić information content (AvgIpc) is 2.78. The summed E-state index contributed by atoms with van der Waals surface area (Å²) in [5.74, 6) is 0.142. The van der Waals surface area contributed by atoms with Gasteiger partial charge in [0, 0.05) is 24.9 Å². The van der Waals surface area contributed by atoms with Crippen molar-refractivity contribution in [3.05, 3.63) is 86.5 Å². The number of hydrogen-bond acceptors (Lipinski definition) is 8. The highest BCUT2D eigenvalue weighted by Gasteiger charge is 2.22. The van der Waals surface area contributed by atoms with Crippen LogP contribution in [0.2, 0.25) is 0 Å². The van der Waals surface area contributed by atoms with Crippen LogP contribution in [0.15, 0.2) is 65.7 Å². The summed E-state index contributed by atoms with van der Waals surface area (Å²) >= 11 is 0. The van der Waals surface area contributed by atoms with Gasteiger partial charge in [0.05, 0.1) is 28.7 Å². The first-order valence-corrected chi connectivity index (χ1v) is 9.47. The van der Waals surface area contributed by atoms with Gasteiger partial charge in [-0.15, -0.1) is 0 Å². The summed E-state index contributed by atoms with van der Waals surface area (Å²) in [6.45, 7) is 1.42. The zero-order valence-corrected chi connectivity index (χ0v) is 17.6. The molecule has 11 nitrogen and oxygen atoms in total. The van der Waals surface area contributed by atoms with Crippen molar-refractivity contribution in [2.24, 2.45) is 4.99 Å². The second-order valence-corrected chi connectivity index (χ2v) is 6.66. The van der Waals surface area contributed by atoms with Crippen LogP contribution in [0.5, 0.6) is 17.2 Å². The van der Waals surface area contributed by atoms with Gasteiger partial charge in [0.25, 0.3) is 5.69 Å². The molecule has 1 N–H and O–H groups in total. The summed E-state index contributed by atoms with van der Waals surface area (Å²) in [5.41, 5.74) is 1.02. The molecule has 0 spiro atoms. The van der Waals surface area contributed by atoms with Gasteiger partial charge in [-0.3, -0.25) is 30.0 Å². The maximum Gasteiger partial charge on any atom is 0.318 e. The van der Waals surface area contributed by atoms with E-state index in [1.54, 1.807) is 48.7 Å². The van der Waals surface area contributed by atoms with E-state index in [1.807, 2.05) is 0 Å². The number of methoxy groups -OCH3 is 1. The van der Waals surface area contributed by atoms with E-state index in [0.29, 0.717) is 16.9 Å². The molecule has 33 heavy (non-hydrogen) atoms. The number of carbonyl (C=O) groups excluding carboxylic acids is 1. The monoisotopic (exact) mass is 450 g/mol. The Morgan fingerprint density at radius 1 is 0.939 bits per heavy atom. The standard InChI is InChI=1S/C22H18N4O7/c1-14(27)24-17-6-4-16(5-7-17)23-13-15-3-9-21(22(11-15)32-2)33-20-10-8-18(25(28)29)12-19(20)26(30)31/h3-13H,1-2H3,(H,24,27). The first kappa shape index (κ1) is 22.9. The Morgan fingerprint density at radius 2 is 1.64 bits per heavy atom. The van der Waals surface area contributed by atoms with E-state index in [1.165, 1.54) is 14.0 Å². The molecule has 0 fully saturated rings. The van der Waals surface area contributed by atoms with Gasteiger partial charge in [0.1, 0.15) is 0 Å². The number of nitro benzene ring substituents is 2. The van der Waals surface area contributed by atoms with Crippen molar-refractivity contribution in [3.8, 4) is 17.2 Å². The second kappa shape index (κ2) is 10.0. The van der Waals surface area contributed by atoms with Crippen molar-refractivity contribution >= 4 is 34.9 Å². The number of ether oxygens (including phenoxy) is 2. The fraction of sp³-hybridized carbons (Fsp3) is 0.0909. The van der Waals surface area contributed by atoms with Crippen molar-refractivity contribution in [3.63, 3.8) is 0 Å². The van der Waals surface area contributed by atoms with E-state index in [0.717, 1.165) is 18.2 Å². The van der Waals surface area contributed by atoms with Crippen LogP contribution in [0, 0.1) is 20.2 Å². The number of nitrogens with one attached hydrogen (secondary N) is 1. The van der Waals surface area contributed by atoms with E-state index in [2.05, 4.69) is 10.3 Å². The minimum atomic E-state index is -0.757. The molecule has 168 valence electrons. The zero-order chi connectivity index (χ0) is 24.0. The maximum atomic E-state index is 11.3. The number of nitro groups is 2. The number of rotatable bonds is 8. The van der Waals surface area contributed by atoms with Crippen molar-refractivity contribution in [1.29, 1.82) is 0 Å². The normalized spacial score (nSPS) is 10.6. The summed E-state index contributed by atoms with van der Waals surface area (Å²) in [5, 5.41) is 24.9. The Kier molecular flexibility index (Phi) is 6.94. The predicted octanol–water partition coefficient (Wildman–Crippen LogP) is 5.01. The lowest BCUT2D eigenvalue weighted by Gasteiger charge is -2.11. The number of hydrogen-bond donors (Lipinski definition) is 1. The lowest BCUT2D eigenvalue weighted by atomic mass is 10.2. The molecule has 0 aliphatic rings. The Labute approximate surface area is 187 Å².